The predicted molar refractivity (Wildman–Crippen MR) is 79.6 cm³/mol. The molecule has 0 radical (unpaired) electrons. The molecule has 0 heterocycles. The molecule has 0 aromatic heterocycles. The molecule has 21 heavy (non-hydrogen) atoms. The van der Waals surface area contributed by atoms with Gasteiger partial charge in [-0.05, 0) is 26.0 Å². The number of rotatable bonds is 5. The largest absolute Gasteiger partial charge is 0.497 e. The van der Waals surface area contributed by atoms with Crippen molar-refractivity contribution in [1.29, 1.82) is 0 Å². The fraction of sp³-hybridized carbons (Fsp3) is 0.250. The summed E-state index contributed by atoms with van der Waals surface area (Å²) in [4.78, 5) is 0. The molecule has 5 heteroatoms. The van der Waals surface area contributed by atoms with Crippen LogP contribution in [0.3, 0.4) is 0 Å². The zero-order chi connectivity index (χ0) is 15.4. The third kappa shape index (κ3) is 3.78. The van der Waals surface area contributed by atoms with Crippen LogP contribution < -0.4 is 19.9 Å². The van der Waals surface area contributed by atoms with E-state index in [-0.39, 0.29) is 17.5 Å². The van der Waals surface area contributed by atoms with Crippen LogP contribution in [-0.4, -0.2) is 13.2 Å². The van der Waals surface area contributed by atoms with Crippen LogP contribution in [0.2, 0.25) is 0 Å². The molecule has 0 fully saturated rings. The van der Waals surface area contributed by atoms with Crippen LogP contribution in [0.1, 0.15) is 13.8 Å². The molecule has 0 aliphatic heterocycles. The van der Waals surface area contributed by atoms with Crippen LogP contribution in [0.5, 0.6) is 23.0 Å². The first-order valence-corrected chi connectivity index (χ1v) is 6.57. The highest BCUT2D eigenvalue weighted by atomic mass is 19.1. The van der Waals surface area contributed by atoms with E-state index >= 15 is 0 Å². The van der Waals surface area contributed by atoms with Crippen molar-refractivity contribution in [1.82, 2.24) is 0 Å². The molecule has 2 N–H and O–H groups in total. The minimum absolute atomic E-state index is 0.108. The van der Waals surface area contributed by atoms with Crippen LogP contribution >= 0.6 is 0 Å². The van der Waals surface area contributed by atoms with Crippen LogP contribution in [0.25, 0.3) is 0 Å². The Balaban J connectivity index is 2.30. The summed E-state index contributed by atoms with van der Waals surface area (Å²) in [5, 5.41) is 0. The van der Waals surface area contributed by atoms with Crippen molar-refractivity contribution in [3.05, 3.63) is 42.2 Å². The Hall–Kier alpha value is -2.43. The minimum atomic E-state index is -0.515. The maximum atomic E-state index is 13.8. The first-order chi connectivity index (χ1) is 9.99. The predicted octanol–water partition coefficient (Wildman–Crippen LogP) is 4.00. The van der Waals surface area contributed by atoms with Gasteiger partial charge in [-0.2, -0.15) is 0 Å². The van der Waals surface area contributed by atoms with Crippen molar-refractivity contribution in [3.8, 4) is 23.0 Å². The lowest BCUT2D eigenvalue weighted by Crippen LogP contribution is -2.07. The van der Waals surface area contributed by atoms with Crippen molar-refractivity contribution in [2.24, 2.45) is 0 Å². The van der Waals surface area contributed by atoms with Gasteiger partial charge in [0, 0.05) is 18.2 Å². The Morgan fingerprint density at radius 1 is 1.05 bits per heavy atom. The Morgan fingerprint density at radius 2 is 1.76 bits per heavy atom. The van der Waals surface area contributed by atoms with E-state index in [9.17, 15) is 4.39 Å². The summed E-state index contributed by atoms with van der Waals surface area (Å²) in [6.45, 7) is 3.64. The number of methoxy groups -OCH3 is 1. The first kappa shape index (κ1) is 15.0. The van der Waals surface area contributed by atoms with Gasteiger partial charge in [0.05, 0.1) is 18.9 Å². The van der Waals surface area contributed by atoms with Gasteiger partial charge in [-0.15, -0.1) is 0 Å². The molecule has 0 saturated carbocycles. The number of nitrogen functional groups attached to an aromatic ring is 1. The second-order valence-electron chi connectivity index (χ2n) is 4.77. The maximum Gasteiger partial charge on any atom is 0.167 e. The van der Waals surface area contributed by atoms with E-state index in [0.717, 1.165) is 0 Å². The quantitative estimate of drug-likeness (QED) is 0.846. The highest BCUT2D eigenvalue weighted by Crippen LogP contribution is 2.34. The molecule has 4 nitrogen and oxygen atoms in total. The maximum absolute atomic E-state index is 13.8. The second-order valence-corrected chi connectivity index (χ2v) is 4.77. The molecular weight excluding hydrogens is 273 g/mol. The number of halogens is 1. The van der Waals surface area contributed by atoms with Crippen molar-refractivity contribution in [2.45, 2.75) is 20.0 Å². The molecule has 2 aromatic rings. The number of benzene rings is 2. The van der Waals surface area contributed by atoms with Gasteiger partial charge >= 0.3 is 0 Å². The third-order valence-corrected chi connectivity index (χ3v) is 2.70. The Morgan fingerprint density at radius 3 is 2.43 bits per heavy atom. The molecule has 0 spiro atoms. The average Bonchev–Trinajstić information content (AvgIpc) is 2.44. The Kier molecular flexibility index (Phi) is 4.52. The van der Waals surface area contributed by atoms with Crippen molar-refractivity contribution in [3.63, 3.8) is 0 Å². The number of ether oxygens (including phenoxy) is 3. The first-order valence-electron chi connectivity index (χ1n) is 6.57. The summed E-state index contributed by atoms with van der Waals surface area (Å²) in [5.74, 6) is 1.13. The molecule has 0 unspecified atom stereocenters. The highest BCUT2D eigenvalue weighted by molar-refractivity contribution is 5.57. The van der Waals surface area contributed by atoms with Crippen LogP contribution in [0.4, 0.5) is 10.1 Å². The van der Waals surface area contributed by atoms with E-state index in [1.807, 2.05) is 13.8 Å². The van der Waals surface area contributed by atoms with Crippen LogP contribution in [0, 0.1) is 5.82 Å². The summed E-state index contributed by atoms with van der Waals surface area (Å²) < 4.78 is 30.0. The number of hydrogen-bond donors (Lipinski definition) is 1. The summed E-state index contributed by atoms with van der Waals surface area (Å²) in [6, 6.07) is 9.70. The van der Waals surface area contributed by atoms with Crippen molar-refractivity contribution < 1.29 is 18.6 Å². The topological polar surface area (TPSA) is 53.7 Å². The summed E-state index contributed by atoms with van der Waals surface area (Å²) >= 11 is 0. The molecule has 112 valence electrons. The fourth-order valence-corrected chi connectivity index (χ4v) is 1.77. The lowest BCUT2D eigenvalue weighted by Gasteiger charge is -2.14. The molecule has 0 aliphatic rings. The van der Waals surface area contributed by atoms with E-state index in [1.165, 1.54) is 12.1 Å². The number of nitrogens with two attached hydrogens (primary N) is 1. The Bertz CT molecular complexity index is 629. The van der Waals surface area contributed by atoms with Gasteiger partial charge in [0.15, 0.2) is 17.3 Å². The van der Waals surface area contributed by atoms with Gasteiger partial charge in [-0.1, -0.05) is 6.07 Å². The second kappa shape index (κ2) is 6.35. The van der Waals surface area contributed by atoms with Gasteiger partial charge in [0.1, 0.15) is 11.5 Å². The van der Waals surface area contributed by atoms with Gasteiger partial charge in [-0.25, -0.2) is 4.39 Å². The lowest BCUT2D eigenvalue weighted by atomic mass is 10.2. The molecule has 2 aromatic carbocycles. The summed E-state index contributed by atoms with van der Waals surface area (Å²) in [6.07, 6.45) is -0.146. The molecule has 0 amide bonds. The van der Waals surface area contributed by atoms with Gasteiger partial charge in [-0.3, -0.25) is 0 Å². The minimum Gasteiger partial charge on any atom is -0.497 e. The summed E-state index contributed by atoms with van der Waals surface area (Å²) in [7, 11) is 1.57. The SMILES string of the molecule is COc1cccc(Oc2cc(OC(C)C)c(F)cc2N)c1. The van der Waals surface area contributed by atoms with Gasteiger partial charge < -0.3 is 19.9 Å². The van der Waals surface area contributed by atoms with Gasteiger partial charge in [0.25, 0.3) is 0 Å². The number of anilines is 1. The number of hydrogen-bond acceptors (Lipinski definition) is 4. The molecule has 0 saturated heterocycles. The fourth-order valence-electron chi connectivity index (χ4n) is 1.77. The highest BCUT2D eigenvalue weighted by Gasteiger charge is 2.12. The standard InChI is InChI=1S/C16H18FNO3/c1-10(2)20-15-9-16(14(18)8-13(15)17)21-12-6-4-5-11(7-12)19-3/h4-10H,18H2,1-3H3. The van der Waals surface area contributed by atoms with E-state index < -0.39 is 5.82 Å². The average molecular weight is 291 g/mol. The molecule has 0 aliphatic carbocycles. The monoisotopic (exact) mass is 291 g/mol. The lowest BCUT2D eigenvalue weighted by molar-refractivity contribution is 0.230. The molecule has 2 rings (SSSR count). The van der Waals surface area contributed by atoms with Crippen LogP contribution in [0.15, 0.2) is 36.4 Å². The third-order valence-electron chi connectivity index (χ3n) is 2.70. The zero-order valence-electron chi connectivity index (χ0n) is 12.2. The van der Waals surface area contributed by atoms with Crippen molar-refractivity contribution in [2.75, 3.05) is 12.8 Å². The normalized spacial score (nSPS) is 10.5. The van der Waals surface area contributed by atoms with E-state index in [2.05, 4.69) is 0 Å². The Labute approximate surface area is 123 Å². The van der Waals surface area contributed by atoms with E-state index in [1.54, 1.807) is 31.4 Å². The van der Waals surface area contributed by atoms with Crippen molar-refractivity contribution >= 4 is 5.69 Å². The van der Waals surface area contributed by atoms with E-state index in [4.69, 9.17) is 19.9 Å². The zero-order valence-corrected chi connectivity index (χ0v) is 12.2. The molecular formula is C16H18FNO3. The van der Waals surface area contributed by atoms with E-state index in [0.29, 0.717) is 17.2 Å². The molecule has 0 atom stereocenters. The van der Waals surface area contributed by atoms with Crippen LogP contribution in [-0.2, 0) is 0 Å². The summed E-state index contributed by atoms with van der Waals surface area (Å²) in [5.41, 5.74) is 5.99. The molecule has 0 bridgehead atoms. The van der Waals surface area contributed by atoms with Gasteiger partial charge in [0.2, 0.25) is 0 Å². The smallest absolute Gasteiger partial charge is 0.167 e.